The van der Waals surface area contributed by atoms with Gasteiger partial charge >= 0.3 is 0 Å². The van der Waals surface area contributed by atoms with E-state index in [1.165, 1.54) is 13.2 Å². The van der Waals surface area contributed by atoms with E-state index in [2.05, 4.69) is 5.32 Å². The fourth-order valence-corrected chi connectivity index (χ4v) is 3.10. The average molecular weight is 391 g/mol. The lowest BCUT2D eigenvalue weighted by Gasteiger charge is -2.18. The highest BCUT2D eigenvalue weighted by molar-refractivity contribution is 7.90. The molecule has 0 fully saturated rings. The molecule has 2 aromatic carbocycles. The molecule has 2 atom stereocenters. The number of carbonyl (C=O) groups is 1. The lowest BCUT2D eigenvalue weighted by molar-refractivity contribution is 0.101. The van der Waals surface area contributed by atoms with Crippen molar-refractivity contribution in [3.05, 3.63) is 59.7 Å². The maximum atomic E-state index is 11.5. The number of hydrogen-bond acceptors (Lipinski definition) is 6. The molecular weight excluding hydrogens is 366 g/mol. The smallest absolute Gasteiger partial charge is 0.175 e. The molecule has 2 aromatic rings. The molecule has 7 heteroatoms. The van der Waals surface area contributed by atoms with Crippen LogP contribution < -0.4 is 10.1 Å². The van der Waals surface area contributed by atoms with Crippen LogP contribution in [0.25, 0.3) is 0 Å². The van der Waals surface area contributed by atoms with Crippen molar-refractivity contribution in [1.82, 2.24) is 5.32 Å². The minimum Gasteiger partial charge on any atom is -0.491 e. The van der Waals surface area contributed by atoms with Crippen LogP contribution in [0.2, 0.25) is 0 Å². The summed E-state index contributed by atoms with van der Waals surface area (Å²) in [6.45, 7) is 3.87. The monoisotopic (exact) mass is 391 g/mol. The molecule has 27 heavy (non-hydrogen) atoms. The van der Waals surface area contributed by atoms with Crippen LogP contribution in [-0.4, -0.2) is 44.8 Å². The second-order valence-corrected chi connectivity index (χ2v) is 8.53. The summed E-state index contributed by atoms with van der Waals surface area (Å²) < 4.78 is 28.5. The molecule has 0 aromatic heterocycles. The summed E-state index contributed by atoms with van der Waals surface area (Å²) in [5.41, 5.74) is 1.54. The maximum Gasteiger partial charge on any atom is 0.175 e. The third-order valence-electron chi connectivity index (χ3n) is 4.17. The number of rotatable bonds is 9. The molecule has 0 saturated heterocycles. The van der Waals surface area contributed by atoms with Gasteiger partial charge in [0, 0.05) is 24.4 Å². The van der Waals surface area contributed by atoms with E-state index in [-0.39, 0.29) is 23.3 Å². The largest absolute Gasteiger partial charge is 0.491 e. The first-order valence-corrected chi connectivity index (χ1v) is 10.5. The molecule has 0 bridgehead atoms. The summed E-state index contributed by atoms with van der Waals surface area (Å²) in [6, 6.07) is 13.4. The Balaban J connectivity index is 1.80. The zero-order valence-corrected chi connectivity index (χ0v) is 16.5. The molecule has 0 heterocycles. The molecule has 0 aliphatic rings. The molecule has 2 N–H and O–H groups in total. The van der Waals surface area contributed by atoms with E-state index < -0.39 is 15.9 Å². The fraction of sp³-hybridized carbons (Fsp3) is 0.350. The molecule has 6 nitrogen and oxygen atoms in total. The van der Waals surface area contributed by atoms with Gasteiger partial charge in [0.05, 0.1) is 4.90 Å². The zero-order valence-electron chi connectivity index (χ0n) is 15.7. The number of ether oxygens (including phenoxy) is 1. The Bertz CT molecular complexity index is 860. The number of aliphatic hydroxyl groups excluding tert-OH is 1. The zero-order chi connectivity index (χ0) is 20.0. The van der Waals surface area contributed by atoms with Gasteiger partial charge in [0.1, 0.15) is 18.5 Å². The first-order chi connectivity index (χ1) is 12.7. The number of ketones is 1. The van der Waals surface area contributed by atoms with Gasteiger partial charge in [-0.15, -0.1) is 0 Å². The summed E-state index contributed by atoms with van der Waals surface area (Å²) in [7, 11) is -3.21. The van der Waals surface area contributed by atoms with Crippen LogP contribution in [0, 0.1) is 0 Å². The summed E-state index contributed by atoms with van der Waals surface area (Å²) in [6.07, 6.45) is 0.462. The van der Waals surface area contributed by atoms with E-state index in [9.17, 15) is 18.3 Å². The van der Waals surface area contributed by atoms with Gasteiger partial charge in [0.25, 0.3) is 0 Å². The van der Waals surface area contributed by atoms with Gasteiger partial charge < -0.3 is 15.2 Å². The molecule has 0 saturated carbocycles. The topological polar surface area (TPSA) is 92.7 Å². The van der Waals surface area contributed by atoms with Gasteiger partial charge in [-0.1, -0.05) is 12.1 Å². The molecule has 0 radical (unpaired) electrons. The standard InChI is InChI=1S/C20H25NO5S/c1-14(16-6-10-20(11-7-16)27(3,24)25)21-12-18(23)13-26-19-8-4-17(5-9-19)15(2)22/h4-11,14,18,21,23H,12-13H2,1-3H3/t14-,18+/m0/s1. The molecule has 2 rings (SSSR count). The van der Waals surface area contributed by atoms with E-state index >= 15 is 0 Å². The summed E-state index contributed by atoms with van der Waals surface area (Å²) >= 11 is 0. The molecule has 0 unspecified atom stereocenters. The van der Waals surface area contributed by atoms with Crippen molar-refractivity contribution in [2.24, 2.45) is 0 Å². The van der Waals surface area contributed by atoms with Crippen molar-refractivity contribution in [3.63, 3.8) is 0 Å². The Kier molecular flexibility index (Phi) is 7.12. The van der Waals surface area contributed by atoms with Gasteiger partial charge in [-0.2, -0.15) is 0 Å². The van der Waals surface area contributed by atoms with E-state index in [0.29, 0.717) is 17.9 Å². The van der Waals surface area contributed by atoms with E-state index in [4.69, 9.17) is 4.74 Å². The Labute approximate surface area is 160 Å². The van der Waals surface area contributed by atoms with Crippen LogP contribution in [-0.2, 0) is 9.84 Å². The van der Waals surface area contributed by atoms with Gasteiger partial charge in [-0.05, 0) is 55.8 Å². The van der Waals surface area contributed by atoms with E-state index in [0.717, 1.165) is 5.56 Å². The second kappa shape index (κ2) is 9.12. The van der Waals surface area contributed by atoms with Crippen LogP contribution >= 0.6 is 0 Å². The highest BCUT2D eigenvalue weighted by Gasteiger charge is 2.12. The number of Topliss-reactive ketones (excluding diaryl/α,β-unsaturated/α-hetero) is 1. The quantitative estimate of drug-likeness (QED) is 0.638. The van der Waals surface area contributed by atoms with Crippen molar-refractivity contribution in [2.75, 3.05) is 19.4 Å². The van der Waals surface area contributed by atoms with Crippen molar-refractivity contribution >= 4 is 15.6 Å². The van der Waals surface area contributed by atoms with E-state index in [1.54, 1.807) is 48.5 Å². The van der Waals surface area contributed by atoms with Crippen LogP contribution in [0.1, 0.15) is 35.8 Å². The number of aliphatic hydroxyl groups is 1. The lowest BCUT2D eigenvalue weighted by atomic mass is 10.1. The normalized spacial score (nSPS) is 13.8. The molecule has 0 aliphatic heterocycles. The SMILES string of the molecule is CC(=O)c1ccc(OC[C@H](O)CN[C@@H](C)c2ccc(S(C)(=O)=O)cc2)cc1. The molecule has 0 spiro atoms. The van der Waals surface area contributed by atoms with Crippen molar-refractivity contribution in [2.45, 2.75) is 30.9 Å². The van der Waals surface area contributed by atoms with Crippen molar-refractivity contribution in [3.8, 4) is 5.75 Å². The molecular formula is C20H25NO5S. The summed E-state index contributed by atoms with van der Waals surface area (Å²) in [5.74, 6) is 0.577. The van der Waals surface area contributed by atoms with Crippen molar-refractivity contribution < 1.29 is 23.1 Å². The van der Waals surface area contributed by atoms with Gasteiger partial charge in [0.15, 0.2) is 15.6 Å². The Hall–Kier alpha value is -2.22. The van der Waals surface area contributed by atoms with Gasteiger partial charge in [-0.3, -0.25) is 4.79 Å². The van der Waals surface area contributed by atoms with E-state index in [1.807, 2.05) is 6.92 Å². The molecule has 0 aliphatic carbocycles. The first-order valence-electron chi connectivity index (χ1n) is 8.62. The average Bonchev–Trinajstić information content (AvgIpc) is 2.64. The van der Waals surface area contributed by atoms with Gasteiger partial charge in [-0.25, -0.2) is 8.42 Å². The maximum absolute atomic E-state index is 11.5. The number of hydrogen-bond donors (Lipinski definition) is 2. The minimum atomic E-state index is -3.21. The first kappa shape index (κ1) is 21.1. The third-order valence-corrected chi connectivity index (χ3v) is 5.30. The Morgan fingerprint density at radius 1 is 1.11 bits per heavy atom. The van der Waals surface area contributed by atoms with Gasteiger partial charge in [0.2, 0.25) is 0 Å². The molecule has 0 amide bonds. The minimum absolute atomic E-state index is 0.00987. The summed E-state index contributed by atoms with van der Waals surface area (Å²) in [5, 5.41) is 13.3. The number of carbonyl (C=O) groups excluding carboxylic acids is 1. The highest BCUT2D eigenvalue weighted by atomic mass is 32.2. The number of sulfone groups is 1. The number of benzene rings is 2. The fourth-order valence-electron chi connectivity index (χ4n) is 2.47. The van der Waals surface area contributed by atoms with Crippen LogP contribution in [0.3, 0.4) is 0 Å². The predicted molar refractivity (Wildman–Crippen MR) is 104 cm³/mol. The van der Waals surface area contributed by atoms with Crippen LogP contribution in [0.15, 0.2) is 53.4 Å². The Morgan fingerprint density at radius 2 is 1.70 bits per heavy atom. The third kappa shape index (κ3) is 6.46. The summed E-state index contributed by atoms with van der Waals surface area (Å²) in [4.78, 5) is 11.5. The lowest BCUT2D eigenvalue weighted by Crippen LogP contribution is -2.33. The van der Waals surface area contributed by atoms with Crippen LogP contribution in [0.5, 0.6) is 5.75 Å². The highest BCUT2D eigenvalue weighted by Crippen LogP contribution is 2.16. The predicted octanol–water partition coefficient (Wildman–Crippen LogP) is 2.38. The van der Waals surface area contributed by atoms with Crippen molar-refractivity contribution in [1.29, 1.82) is 0 Å². The van der Waals surface area contributed by atoms with Crippen LogP contribution in [0.4, 0.5) is 0 Å². The number of nitrogens with one attached hydrogen (secondary N) is 1. The second-order valence-electron chi connectivity index (χ2n) is 6.52. The molecule has 146 valence electrons. The Morgan fingerprint density at radius 3 is 2.22 bits per heavy atom.